The third-order valence-corrected chi connectivity index (χ3v) is 1.43. The van der Waals surface area contributed by atoms with Crippen LogP contribution in [0.5, 0.6) is 5.75 Å². The maximum atomic E-state index is 9.19. The van der Waals surface area contributed by atoms with Gasteiger partial charge in [-0.3, -0.25) is 0 Å². The normalized spacial score (nSPS) is 10.4. The van der Waals surface area contributed by atoms with Crippen molar-refractivity contribution >= 4 is 11.0 Å². The summed E-state index contributed by atoms with van der Waals surface area (Å²) in [6.07, 6.45) is 1.56. The molecule has 0 saturated heterocycles. The quantitative estimate of drug-likeness (QED) is 0.570. The van der Waals surface area contributed by atoms with Gasteiger partial charge < -0.3 is 10.1 Å². The molecule has 0 fully saturated rings. The van der Waals surface area contributed by atoms with Crippen molar-refractivity contribution in [2.75, 3.05) is 0 Å². The lowest BCUT2D eigenvalue weighted by atomic mass is 10.3. The van der Waals surface area contributed by atoms with E-state index in [-0.39, 0.29) is 5.75 Å². The fraction of sp³-hybridized carbons (Fsp3) is 0. The van der Waals surface area contributed by atoms with Crippen molar-refractivity contribution in [3.63, 3.8) is 0 Å². The third-order valence-electron chi connectivity index (χ3n) is 1.43. The lowest BCUT2D eigenvalue weighted by Gasteiger charge is -1.89. The summed E-state index contributed by atoms with van der Waals surface area (Å²) in [6.45, 7) is 0. The highest BCUT2D eigenvalue weighted by Crippen LogP contribution is 2.19. The molecule has 3 nitrogen and oxygen atoms in total. The Balaban J connectivity index is 2.95. The second-order valence-corrected chi connectivity index (χ2v) is 2.07. The molecule has 10 heavy (non-hydrogen) atoms. The number of nitrogens with one attached hydrogen (secondary N) is 1. The molecule has 1 aromatic carbocycles. The van der Waals surface area contributed by atoms with Gasteiger partial charge in [0.15, 0.2) is 0 Å². The number of hydrogen-bond donors (Lipinski definition) is 2. The second-order valence-electron chi connectivity index (χ2n) is 2.07. The minimum atomic E-state index is 0.245. The zero-order valence-electron chi connectivity index (χ0n) is 5.20. The molecule has 2 rings (SSSR count). The molecule has 0 atom stereocenters. The molecule has 0 bridgehead atoms. The van der Waals surface area contributed by atoms with E-state index in [0.717, 1.165) is 5.52 Å². The van der Waals surface area contributed by atoms with Gasteiger partial charge in [-0.2, -0.15) is 0 Å². The molecule has 3 heteroatoms. The van der Waals surface area contributed by atoms with Crippen molar-refractivity contribution in [3.05, 3.63) is 24.5 Å². The molecule has 1 aromatic heterocycles. The number of hydrogen-bond acceptors (Lipinski definition) is 2. The fourth-order valence-corrected chi connectivity index (χ4v) is 0.950. The van der Waals surface area contributed by atoms with Crippen molar-refractivity contribution < 1.29 is 5.11 Å². The molecular formula is C7H6N2O. The number of aromatic hydroxyl groups is 1. The Morgan fingerprint density at radius 3 is 3.10 bits per heavy atom. The van der Waals surface area contributed by atoms with E-state index < -0.39 is 0 Å². The number of fused-ring (bicyclic) bond motifs is 1. The van der Waals surface area contributed by atoms with Crippen LogP contribution in [0.15, 0.2) is 24.5 Å². The summed E-state index contributed by atoms with van der Waals surface area (Å²) in [4.78, 5) is 6.79. The van der Waals surface area contributed by atoms with Gasteiger partial charge in [0.25, 0.3) is 0 Å². The van der Waals surface area contributed by atoms with Crippen LogP contribution in [0.2, 0.25) is 0 Å². The third kappa shape index (κ3) is 0.572. The molecule has 0 aliphatic carbocycles. The number of phenols is 1. The van der Waals surface area contributed by atoms with E-state index in [9.17, 15) is 5.11 Å². The van der Waals surface area contributed by atoms with Gasteiger partial charge >= 0.3 is 0 Å². The van der Waals surface area contributed by atoms with Crippen molar-refractivity contribution in [2.45, 2.75) is 0 Å². The summed E-state index contributed by atoms with van der Waals surface area (Å²) in [7, 11) is 0. The van der Waals surface area contributed by atoms with Crippen LogP contribution in [0.4, 0.5) is 0 Å². The van der Waals surface area contributed by atoms with E-state index in [1.165, 1.54) is 0 Å². The van der Waals surface area contributed by atoms with Gasteiger partial charge in [-0.25, -0.2) is 4.98 Å². The monoisotopic (exact) mass is 134 g/mol. The number of rotatable bonds is 0. The summed E-state index contributed by atoms with van der Waals surface area (Å²) in [5.41, 5.74) is 1.49. The van der Waals surface area contributed by atoms with E-state index in [2.05, 4.69) is 9.97 Å². The minimum Gasteiger partial charge on any atom is -0.506 e. The van der Waals surface area contributed by atoms with Gasteiger partial charge in [0.05, 0.1) is 11.8 Å². The Labute approximate surface area is 57.3 Å². The van der Waals surface area contributed by atoms with E-state index in [1.807, 2.05) is 6.07 Å². The Morgan fingerprint density at radius 2 is 2.30 bits per heavy atom. The first-order valence-corrected chi connectivity index (χ1v) is 2.99. The molecule has 0 saturated carbocycles. The van der Waals surface area contributed by atoms with Crippen LogP contribution in [0.3, 0.4) is 0 Å². The smallest absolute Gasteiger partial charge is 0.141 e. The standard InChI is InChI=1S/C7H6N2O/c10-6-3-1-2-5-7(6)9-4-8-5/h1-4,10H,(H,8,9). The first kappa shape index (κ1) is 5.29. The molecule has 0 unspecified atom stereocenters. The molecule has 0 amide bonds. The first-order chi connectivity index (χ1) is 4.88. The number of benzene rings is 1. The molecule has 1 heterocycles. The molecule has 0 radical (unpaired) electrons. The topological polar surface area (TPSA) is 48.9 Å². The van der Waals surface area contributed by atoms with Crippen LogP contribution in [0.25, 0.3) is 11.0 Å². The van der Waals surface area contributed by atoms with Crippen LogP contribution in [-0.2, 0) is 0 Å². The highest BCUT2D eigenvalue weighted by atomic mass is 16.3. The number of aromatic amines is 1. The number of para-hydroxylation sites is 1. The van der Waals surface area contributed by atoms with Gasteiger partial charge in [0.1, 0.15) is 11.3 Å². The predicted octanol–water partition coefficient (Wildman–Crippen LogP) is 1.27. The Bertz CT molecular complexity index is 353. The van der Waals surface area contributed by atoms with Crippen LogP contribution in [0, 0.1) is 0 Å². The van der Waals surface area contributed by atoms with Crippen molar-refractivity contribution in [1.82, 2.24) is 9.97 Å². The second kappa shape index (κ2) is 1.73. The largest absolute Gasteiger partial charge is 0.506 e. The van der Waals surface area contributed by atoms with E-state index in [4.69, 9.17) is 0 Å². The molecule has 0 aliphatic heterocycles. The summed E-state index contributed by atoms with van der Waals surface area (Å²) >= 11 is 0. The molecule has 0 aliphatic rings. The van der Waals surface area contributed by atoms with Gasteiger partial charge in [0.2, 0.25) is 0 Å². The summed E-state index contributed by atoms with van der Waals surface area (Å²) in [5.74, 6) is 0.245. The SMILES string of the molecule is Oc1cccc2nc[nH]c12. The number of imidazole rings is 1. The minimum absolute atomic E-state index is 0.245. The predicted molar refractivity (Wildman–Crippen MR) is 37.8 cm³/mol. The summed E-state index contributed by atoms with van der Waals surface area (Å²) in [6, 6.07) is 5.23. The Morgan fingerprint density at radius 1 is 1.40 bits per heavy atom. The molecule has 2 aromatic rings. The average Bonchev–Trinajstić information content (AvgIpc) is 2.36. The lowest BCUT2D eigenvalue weighted by Crippen LogP contribution is -1.68. The number of H-pyrrole nitrogens is 1. The van der Waals surface area contributed by atoms with E-state index in [0.29, 0.717) is 5.52 Å². The zero-order valence-corrected chi connectivity index (χ0v) is 5.20. The Kier molecular flexibility index (Phi) is 0.917. The Hall–Kier alpha value is -1.51. The highest BCUT2D eigenvalue weighted by molar-refractivity contribution is 5.80. The number of nitrogens with zero attached hydrogens (tertiary/aromatic N) is 1. The van der Waals surface area contributed by atoms with E-state index >= 15 is 0 Å². The maximum Gasteiger partial charge on any atom is 0.141 e. The molecule has 0 spiro atoms. The number of phenolic OH excluding ortho intramolecular Hbond substituents is 1. The van der Waals surface area contributed by atoms with Crippen LogP contribution < -0.4 is 0 Å². The molecule has 50 valence electrons. The van der Waals surface area contributed by atoms with Crippen molar-refractivity contribution in [1.29, 1.82) is 0 Å². The van der Waals surface area contributed by atoms with Gasteiger partial charge in [-0.05, 0) is 12.1 Å². The maximum absolute atomic E-state index is 9.19. The average molecular weight is 134 g/mol. The zero-order chi connectivity index (χ0) is 6.97. The molecular weight excluding hydrogens is 128 g/mol. The first-order valence-electron chi connectivity index (χ1n) is 2.99. The van der Waals surface area contributed by atoms with Crippen LogP contribution in [0.1, 0.15) is 0 Å². The summed E-state index contributed by atoms with van der Waals surface area (Å²) < 4.78 is 0. The van der Waals surface area contributed by atoms with Crippen molar-refractivity contribution in [2.24, 2.45) is 0 Å². The highest BCUT2D eigenvalue weighted by Gasteiger charge is 1.97. The van der Waals surface area contributed by atoms with Crippen LogP contribution >= 0.6 is 0 Å². The van der Waals surface area contributed by atoms with Gasteiger partial charge in [-0.1, -0.05) is 6.07 Å². The number of aromatic nitrogens is 2. The van der Waals surface area contributed by atoms with Crippen LogP contribution in [-0.4, -0.2) is 15.1 Å². The molecule has 2 N–H and O–H groups in total. The van der Waals surface area contributed by atoms with E-state index in [1.54, 1.807) is 18.5 Å². The lowest BCUT2D eigenvalue weighted by molar-refractivity contribution is 0.480. The van der Waals surface area contributed by atoms with Gasteiger partial charge in [0, 0.05) is 0 Å². The van der Waals surface area contributed by atoms with Crippen molar-refractivity contribution in [3.8, 4) is 5.75 Å². The summed E-state index contributed by atoms with van der Waals surface area (Å²) in [5, 5.41) is 9.19. The fourth-order valence-electron chi connectivity index (χ4n) is 0.950. The van der Waals surface area contributed by atoms with Gasteiger partial charge in [-0.15, -0.1) is 0 Å².